The molecular formula is C87H76Br2N2. The van der Waals surface area contributed by atoms with Crippen molar-refractivity contribution >= 4 is 66.0 Å². The SMILES string of the molecule is CCCc1ccc(-c2ccc(N(c3ccc(-c4ccc(Br)cc4)cc3)c3cccc(-c4ccc5c(c4)C4(CC5(C)C)CC(C)(C)c5ccc(-c6cccc(N(c7ccc(-c8ccc(Br)cc8)cc7)c7ccc(-c8ccc(CCC)cc8)cc7)c6)cc54)c3)cc2)cc1. The molecule has 2 nitrogen and oxygen atoms in total. The van der Waals surface area contributed by atoms with Gasteiger partial charge in [-0.2, -0.15) is 0 Å². The molecule has 91 heavy (non-hydrogen) atoms. The summed E-state index contributed by atoms with van der Waals surface area (Å²) >= 11 is 7.27. The normalized spacial score (nSPS) is 14.1. The molecular weight excluding hydrogens is 1230 g/mol. The third kappa shape index (κ3) is 11.9. The van der Waals surface area contributed by atoms with Crippen LogP contribution >= 0.6 is 31.9 Å². The van der Waals surface area contributed by atoms with Crippen LogP contribution in [0.5, 0.6) is 0 Å². The summed E-state index contributed by atoms with van der Waals surface area (Å²) in [5.74, 6) is 0. The minimum atomic E-state index is -0.180. The summed E-state index contributed by atoms with van der Waals surface area (Å²) in [7, 11) is 0. The molecule has 0 N–H and O–H groups in total. The Morgan fingerprint density at radius 1 is 0.275 bits per heavy atom. The van der Waals surface area contributed by atoms with Crippen LogP contribution in [0.15, 0.2) is 288 Å². The number of benzene rings is 12. The highest BCUT2D eigenvalue weighted by molar-refractivity contribution is 9.10. The Morgan fingerprint density at radius 2 is 0.538 bits per heavy atom. The molecule has 0 unspecified atom stereocenters. The van der Waals surface area contributed by atoms with Crippen LogP contribution in [0, 0.1) is 0 Å². The molecule has 0 atom stereocenters. The number of anilines is 6. The summed E-state index contributed by atoms with van der Waals surface area (Å²) in [6, 6.07) is 105. The van der Waals surface area contributed by atoms with Crippen LogP contribution in [-0.2, 0) is 29.1 Å². The zero-order chi connectivity index (χ0) is 62.4. The second-order valence-electron chi connectivity index (χ2n) is 26.6. The van der Waals surface area contributed by atoms with Gasteiger partial charge in [0.1, 0.15) is 0 Å². The van der Waals surface area contributed by atoms with Crippen molar-refractivity contribution in [1.29, 1.82) is 0 Å². The van der Waals surface area contributed by atoms with Gasteiger partial charge in [0.05, 0.1) is 0 Å². The van der Waals surface area contributed by atoms with Crippen molar-refractivity contribution in [3.8, 4) is 66.8 Å². The first-order valence-electron chi connectivity index (χ1n) is 32.4. The largest absolute Gasteiger partial charge is 0.310 e. The Labute approximate surface area is 556 Å². The maximum absolute atomic E-state index is 3.63. The molecule has 0 heterocycles. The Balaban J connectivity index is 0.822. The molecule has 12 aromatic carbocycles. The van der Waals surface area contributed by atoms with Crippen LogP contribution in [0.2, 0.25) is 0 Å². The van der Waals surface area contributed by atoms with Crippen LogP contribution in [0.4, 0.5) is 34.1 Å². The number of halogens is 2. The van der Waals surface area contributed by atoms with E-state index >= 15 is 0 Å². The van der Waals surface area contributed by atoms with E-state index in [1.807, 2.05) is 0 Å². The topological polar surface area (TPSA) is 6.48 Å². The lowest BCUT2D eigenvalue weighted by molar-refractivity contribution is 0.350. The van der Waals surface area contributed by atoms with Gasteiger partial charge in [0.15, 0.2) is 0 Å². The lowest BCUT2D eigenvalue weighted by Gasteiger charge is -2.31. The first-order chi connectivity index (χ1) is 44.2. The molecule has 1 spiro atoms. The molecule has 0 aliphatic heterocycles. The van der Waals surface area contributed by atoms with Crippen molar-refractivity contribution in [3.63, 3.8) is 0 Å². The molecule has 4 heteroatoms. The van der Waals surface area contributed by atoms with Gasteiger partial charge < -0.3 is 9.80 Å². The zero-order valence-electron chi connectivity index (χ0n) is 53.0. The van der Waals surface area contributed by atoms with Crippen LogP contribution in [0.25, 0.3) is 66.8 Å². The van der Waals surface area contributed by atoms with E-state index in [2.05, 4.69) is 362 Å². The number of hydrogen-bond donors (Lipinski definition) is 0. The highest BCUT2D eigenvalue weighted by atomic mass is 79.9. The number of rotatable bonds is 16. The standard InChI is InChI=1S/C87H76Br2N2/c1-7-11-59-17-21-61(22-18-59)65-29-43-75(44-30-65)90(77-47-33-67(34-48-77)63-25-39-73(88)40-26-63)79-15-9-13-69(53-79)71-37-51-81-83(55-71)87(57-85(81,3)4)58-86(5,6)82-52-38-72(56-84(82)87)70-14-10-16-80(54-70)91(78-49-35-68(36-50-78)64-27-41-74(89)42-28-64)76-45-31-66(32-46-76)62-23-19-60(12-8-2)20-24-62/h9-10,13-56H,7-8,11-12,57-58H2,1-6H3. The fourth-order valence-corrected chi connectivity index (χ4v) is 15.6. The van der Waals surface area contributed by atoms with Gasteiger partial charge in [-0.3, -0.25) is 0 Å². The van der Waals surface area contributed by atoms with Crippen molar-refractivity contribution in [2.75, 3.05) is 9.80 Å². The second-order valence-corrected chi connectivity index (χ2v) is 28.4. The van der Waals surface area contributed by atoms with E-state index in [-0.39, 0.29) is 16.2 Å². The maximum Gasteiger partial charge on any atom is 0.0467 e. The summed E-state index contributed by atoms with van der Waals surface area (Å²) < 4.78 is 2.15. The van der Waals surface area contributed by atoms with Crippen molar-refractivity contribution in [3.05, 3.63) is 321 Å². The van der Waals surface area contributed by atoms with Gasteiger partial charge in [0.25, 0.3) is 0 Å². The van der Waals surface area contributed by atoms with E-state index < -0.39 is 0 Å². The molecule has 12 aromatic rings. The third-order valence-electron chi connectivity index (χ3n) is 19.4. The van der Waals surface area contributed by atoms with Gasteiger partial charge in [-0.1, -0.05) is 256 Å². The van der Waals surface area contributed by atoms with Gasteiger partial charge in [-0.15, -0.1) is 0 Å². The quantitative estimate of drug-likeness (QED) is 0.0951. The van der Waals surface area contributed by atoms with E-state index in [4.69, 9.17) is 0 Å². The third-order valence-corrected chi connectivity index (χ3v) is 20.5. The molecule has 0 aromatic heterocycles. The van der Waals surface area contributed by atoms with Crippen molar-refractivity contribution in [1.82, 2.24) is 0 Å². The highest BCUT2D eigenvalue weighted by Crippen LogP contribution is 2.63. The van der Waals surface area contributed by atoms with Crippen LogP contribution in [-0.4, -0.2) is 0 Å². The molecule has 0 saturated carbocycles. The molecule has 14 rings (SSSR count). The number of hydrogen-bond acceptors (Lipinski definition) is 2. The Kier molecular flexibility index (Phi) is 16.3. The van der Waals surface area contributed by atoms with Crippen molar-refractivity contribution in [2.45, 2.75) is 96.3 Å². The number of nitrogens with zero attached hydrogens (tertiary/aromatic N) is 2. The van der Waals surface area contributed by atoms with Gasteiger partial charge >= 0.3 is 0 Å². The van der Waals surface area contributed by atoms with Gasteiger partial charge in [-0.05, 0) is 246 Å². The zero-order valence-corrected chi connectivity index (χ0v) is 56.1. The minimum absolute atomic E-state index is 0.0340. The minimum Gasteiger partial charge on any atom is -0.310 e. The molecule has 2 aliphatic carbocycles. The molecule has 448 valence electrons. The number of aryl methyl sites for hydroxylation is 2. The first-order valence-corrected chi connectivity index (χ1v) is 34.0. The van der Waals surface area contributed by atoms with Crippen LogP contribution < -0.4 is 9.80 Å². The number of fused-ring (bicyclic) bond motifs is 4. The second kappa shape index (κ2) is 24.8. The molecule has 0 amide bonds. The van der Waals surface area contributed by atoms with Crippen molar-refractivity contribution < 1.29 is 0 Å². The summed E-state index contributed by atoms with van der Waals surface area (Å²) in [4.78, 5) is 4.83. The molecule has 0 fully saturated rings. The van der Waals surface area contributed by atoms with E-state index in [1.54, 1.807) is 0 Å². The summed E-state index contributed by atoms with van der Waals surface area (Å²) in [5.41, 5.74) is 29.5. The average Bonchev–Trinajstić information content (AvgIpc) is 1.53. The lowest BCUT2D eigenvalue weighted by Crippen LogP contribution is -2.27. The smallest absolute Gasteiger partial charge is 0.0467 e. The molecule has 0 radical (unpaired) electrons. The van der Waals surface area contributed by atoms with Crippen molar-refractivity contribution in [2.24, 2.45) is 0 Å². The van der Waals surface area contributed by atoms with E-state index in [9.17, 15) is 0 Å². The summed E-state index contributed by atoms with van der Waals surface area (Å²) in [6.45, 7) is 14.4. The van der Waals surface area contributed by atoms with E-state index in [0.29, 0.717) is 0 Å². The molecule has 0 saturated heterocycles. The van der Waals surface area contributed by atoms with E-state index in [1.165, 1.54) is 100 Å². The van der Waals surface area contributed by atoms with Gasteiger partial charge in [0, 0.05) is 48.5 Å². The molecule has 2 aliphatic rings. The molecule has 0 bridgehead atoms. The Hall–Kier alpha value is -8.80. The summed E-state index contributed by atoms with van der Waals surface area (Å²) in [5, 5.41) is 0. The monoisotopic (exact) mass is 1310 g/mol. The van der Waals surface area contributed by atoms with Crippen LogP contribution in [0.3, 0.4) is 0 Å². The van der Waals surface area contributed by atoms with E-state index in [0.717, 1.165) is 81.6 Å². The van der Waals surface area contributed by atoms with Crippen LogP contribution in [0.1, 0.15) is 101 Å². The average molecular weight is 1310 g/mol. The van der Waals surface area contributed by atoms with Gasteiger partial charge in [0.2, 0.25) is 0 Å². The summed E-state index contributed by atoms with van der Waals surface area (Å²) in [6.07, 6.45) is 6.57. The maximum atomic E-state index is 3.63. The first kappa shape index (κ1) is 59.8. The predicted octanol–water partition coefficient (Wildman–Crippen LogP) is 25.7. The lowest BCUT2D eigenvalue weighted by atomic mass is 9.72. The Bertz CT molecular complexity index is 4270. The fraction of sp³-hybridized carbons (Fsp3) is 0.172. The predicted molar refractivity (Wildman–Crippen MR) is 394 cm³/mol. The Morgan fingerprint density at radius 3 is 0.835 bits per heavy atom. The highest BCUT2D eigenvalue weighted by Gasteiger charge is 2.56. The van der Waals surface area contributed by atoms with Gasteiger partial charge in [-0.25, -0.2) is 0 Å². The fourth-order valence-electron chi connectivity index (χ4n) is 15.1.